The van der Waals surface area contributed by atoms with E-state index in [0.29, 0.717) is 13.0 Å². The van der Waals surface area contributed by atoms with Gasteiger partial charge in [0.1, 0.15) is 0 Å². The molecule has 0 radical (unpaired) electrons. The van der Waals surface area contributed by atoms with Crippen LogP contribution in [0.4, 0.5) is 0 Å². The smallest absolute Gasteiger partial charge is 0.221 e. The molecule has 0 saturated heterocycles. The van der Waals surface area contributed by atoms with Crippen LogP contribution < -0.4 is 10.6 Å². The van der Waals surface area contributed by atoms with Gasteiger partial charge in [0.25, 0.3) is 0 Å². The average molecular weight is 295 g/mol. The van der Waals surface area contributed by atoms with Crippen molar-refractivity contribution < 1.29 is 4.79 Å². The molecule has 0 spiro atoms. The van der Waals surface area contributed by atoms with Gasteiger partial charge in [0, 0.05) is 18.0 Å². The van der Waals surface area contributed by atoms with Crippen molar-refractivity contribution in [2.24, 2.45) is 0 Å². The molecule has 0 heterocycles. The largest absolute Gasteiger partial charge is 0.347 e. The molecule has 4 heteroatoms. The van der Waals surface area contributed by atoms with Crippen molar-refractivity contribution in [1.82, 2.24) is 10.6 Å². The lowest BCUT2D eigenvalue weighted by Crippen LogP contribution is -2.47. The minimum atomic E-state index is -0.201. The SMILES string of the molecule is CNCCC(=O)NC1(c2ccc(Cl)cc2)CCCCC1. The lowest BCUT2D eigenvalue weighted by Gasteiger charge is -2.39. The van der Waals surface area contributed by atoms with Crippen molar-refractivity contribution in [3.05, 3.63) is 34.9 Å². The average Bonchev–Trinajstić information content (AvgIpc) is 2.46. The molecule has 0 bridgehead atoms. The fourth-order valence-corrected chi connectivity index (χ4v) is 3.10. The second kappa shape index (κ2) is 7.09. The molecule has 0 aromatic heterocycles. The zero-order valence-electron chi connectivity index (χ0n) is 12.0. The minimum absolute atomic E-state index is 0.121. The second-order valence-electron chi connectivity index (χ2n) is 5.55. The van der Waals surface area contributed by atoms with Crippen LogP contribution in [0.3, 0.4) is 0 Å². The van der Waals surface area contributed by atoms with Crippen LogP contribution in [-0.4, -0.2) is 19.5 Å². The van der Waals surface area contributed by atoms with Crippen LogP contribution in [0.25, 0.3) is 0 Å². The lowest BCUT2D eigenvalue weighted by atomic mass is 9.76. The van der Waals surface area contributed by atoms with Gasteiger partial charge in [-0.25, -0.2) is 0 Å². The number of nitrogens with one attached hydrogen (secondary N) is 2. The van der Waals surface area contributed by atoms with Gasteiger partial charge in [-0.05, 0) is 37.6 Å². The van der Waals surface area contributed by atoms with Gasteiger partial charge in [-0.1, -0.05) is 43.0 Å². The van der Waals surface area contributed by atoms with E-state index in [4.69, 9.17) is 11.6 Å². The summed E-state index contributed by atoms with van der Waals surface area (Å²) in [4.78, 5) is 12.1. The number of amides is 1. The molecule has 1 aromatic carbocycles. The molecule has 0 aliphatic heterocycles. The Balaban J connectivity index is 2.16. The zero-order valence-corrected chi connectivity index (χ0v) is 12.8. The summed E-state index contributed by atoms with van der Waals surface area (Å²) in [6, 6.07) is 7.91. The normalized spacial score (nSPS) is 17.7. The fourth-order valence-electron chi connectivity index (χ4n) is 2.98. The Labute approximate surface area is 126 Å². The molecule has 1 amide bonds. The van der Waals surface area contributed by atoms with Crippen molar-refractivity contribution in [2.45, 2.75) is 44.1 Å². The lowest BCUT2D eigenvalue weighted by molar-refractivity contribution is -0.123. The van der Waals surface area contributed by atoms with Crippen LogP contribution in [0.1, 0.15) is 44.1 Å². The third-order valence-electron chi connectivity index (χ3n) is 4.08. The van der Waals surface area contributed by atoms with E-state index in [1.165, 1.54) is 12.0 Å². The second-order valence-corrected chi connectivity index (χ2v) is 5.99. The monoisotopic (exact) mass is 294 g/mol. The number of halogens is 1. The molecule has 20 heavy (non-hydrogen) atoms. The molecule has 2 N–H and O–H groups in total. The van der Waals surface area contributed by atoms with E-state index >= 15 is 0 Å². The molecule has 0 atom stereocenters. The van der Waals surface area contributed by atoms with Crippen LogP contribution in [0.5, 0.6) is 0 Å². The number of carbonyl (C=O) groups is 1. The van der Waals surface area contributed by atoms with E-state index in [1.807, 2.05) is 31.3 Å². The highest BCUT2D eigenvalue weighted by molar-refractivity contribution is 6.30. The maximum Gasteiger partial charge on any atom is 0.221 e. The van der Waals surface area contributed by atoms with Gasteiger partial charge >= 0.3 is 0 Å². The van der Waals surface area contributed by atoms with Crippen LogP contribution in [0, 0.1) is 0 Å². The Bertz CT molecular complexity index is 438. The van der Waals surface area contributed by atoms with Crippen LogP contribution in [0.15, 0.2) is 24.3 Å². The Kier molecular flexibility index (Phi) is 5.44. The molecule has 3 nitrogen and oxygen atoms in total. The molecule has 2 rings (SSSR count). The third kappa shape index (κ3) is 3.74. The van der Waals surface area contributed by atoms with E-state index in [-0.39, 0.29) is 11.4 Å². The molecule has 1 aliphatic carbocycles. The van der Waals surface area contributed by atoms with Gasteiger partial charge in [0.2, 0.25) is 5.91 Å². The van der Waals surface area contributed by atoms with Crippen LogP contribution in [0.2, 0.25) is 5.02 Å². The minimum Gasteiger partial charge on any atom is -0.347 e. The van der Waals surface area contributed by atoms with E-state index in [0.717, 1.165) is 30.7 Å². The van der Waals surface area contributed by atoms with Gasteiger partial charge in [0.15, 0.2) is 0 Å². The summed E-state index contributed by atoms with van der Waals surface area (Å²) in [6.45, 7) is 0.711. The number of rotatable bonds is 5. The highest BCUT2D eigenvalue weighted by Crippen LogP contribution is 2.37. The predicted octanol–water partition coefficient (Wildman–Crippen LogP) is 3.23. The summed E-state index contributed by atoms with van der Waals surface area (Å²) in [6.07, 6.45) is 6.12. The van der Waals surface area contributed by atoms with Crippen LogP contribution >= 0.6 is 11.6 Å². The predicted molar refractivity (Wildman–Crippen MR) is 82.9 cm³/mol. The Hall–Kier alpha value is -1.06. The van der Waals surface area contributed by atoms with Gasteiger partial charge in [0.05, 0.1) is 5.54 Å². The summed E-state index contributed by atoms with van der Waals surface area (Å²) >= 11 is 5.97. The molecular weight excluding hydrogens is 272 g/mol. The Morgan fingerprint density at radius 1 is 1.20 bits per heavy atom. The maximum atomic E-state index is 12.1. The van der Waals surface area contributed by atoms with Crippen LogP contribution in [-0.2, 0) is 10.3 Å². The Morgan fingerprint density at radius 2 is 1.85 bits per heavy atom. The number of carbonyl (C=O) groups excluding carboxylic acids is 1. The number of benzene rings is 1. The summed E-state index contributed by atoms with van der Waals surface area (Å²) in [5, 5.41) is 7.04. The first-order valence-electron chi connectivity index (χ1n) is 7.38. The Morgan fingerprint density at radius 3 is 2.45 bits per heavy atom. The van der Waals surface area contributed by atoms with Crippen molar-refractivity contribution in [3.8, 4) is 0 Å². The zero-order chi connectivity index (χ0) is 14.4. The standard InChI is InChI=1S/C16H23ClN2O/c1-18-12-9-15(20)19-16(10-3-2-4-11-16)13-5-7-14(17)8-6-13/h5-8,18H,2-4,9-12H2,1H3,(H,19,20). The van der Waals surface area contributed by atoms with Gasteiger partial charge in [-0.15, -0.1) is 0 Å². The molecule has 1 fully saturated rings. The van der Waals surface area contributed by atoms with E-state index in [1.54, 1.807) is 0 Å². The van der Waals surface area contributed by atoms with E-state index in [9.17, 15) is 4.79 Å². The van der Waals surface area contributed by atoms with Gasteiger partial charge in [-0.3, -0.25) is 4.79 Å². The summed E-state index contributed by atoms with van der Waals surface area (Å²) in [7, 11) is 1.86. The van der Waals surface area contributed by atoms with Crippen molar-refractivity contribution in [2.75, 3.05) is 13.6 Å². The first-order chi connectivity index (χ1) is 9.66. The molecule has 1 aliphatic rings. The molecular formula is C16H23ClN2O. The van der Waals surface area contributed by atoms with E-state index < -0.39 is 0 Å². The highest BCUT2D eigenvalue weighted by atomic mass is 35.5. The highest BCUT2D eigenvalue weighted by Gasteiger charge is 2.35. The molecule has 1 aromatic rings. The fraction of sp³-hybridized carbons (Fsp3) is 0.562. The molecule has 1 saturated carbocycles. The number of hydrogen-bond acceptors (Lipinski definition) is 2. The van der Waals surface area contributed by atoms with Crippen molar-refractivity contribution in [1.29, 1.82) is 0 Å². The third-order valence-corrected chi connectivity index (χ3v) is 4.34. The quantitative estimate of drug-likeness (QED) is 0.875. The molecule has 110 valence electrons. The number of hydrogen-bond donors (Lipinski definition) is 2. The summed E-state index contributed by atoms with van der Waals surface area (Å²) in [5.74, 6) is 0.121. The van der Waals surface area contributed by atoms with E-state index in [2.05, 4.69) is 10.6 Å². The first-order valence-corrected chi connectivity index (χ1v) is 7.76. The first kappa shape index (κ1) is 15.3. The summed E-state index contributed by atoms with van der Waals surface area (Å²) < 4.78 is 0. The maximum absolute atomic E-state index is 12.1. The van der Waals surface area contributed by atoms with Crippen molar-refractivity contribution in [3.63, 3.8) is 0 Å². The van der Waals surface area contributed by atoms with Gasteiger partial charge < -0.3 is 10.6 Å². The summed E-state index contributed by atoms with van der Waals surface area (Å²) in [5.41, 5.74) is 0.979. The van der Waals surface area contributed by atoms with Gasteiger partial charge in [-0.2, -0.15) is 0 Å². The molecule has 0 unspecified atom stereocenters. The topological polar surface area (TPSA) is 41.1 Å². The van der Waals surface area contributed by atoms with Crippen molar-refractivity contribution >= 4 is 17.5 Å².